The molecule has 0 heterocycles. The summed E-state index contributed by atoms with van der Waals surface area (Å²) < 4.78 is 50.6. The predicted octanol–water partition coefficient (Wildman–Crippen LogP) is 3.13. The van der Waals surface area contributed by atoms with Crippen LogP contribution in [0.25, 0.3) is 0 Å². The third-order valence-corrected chi connectivity index (χ3v) is 6.21. The number of halogens is 1. The fourth-order valence-electron chi connectivity index (χ4n) is 2.68. The first-order valence-corrected chi connectivity index (χ1v) is 10.1. The van der Waals surface area contributed by atoms with Crippen LogP contribution in [0.4, 0.5) is 10.1 Å². The first kappa shape index (κ1) is 21.6. The minimum absolute atomic E-state index is 0.0203. The highest BCUT2D eigenvalue weighted by Crippen LogP contribution is 2.26. The number of sulfonamides is 1. The molecule has 0 spiro atoms. The highest BCUT2D eigenvalue weighted by Gasteiger charge is 2.24. The molecule has 0 aliphatic carbocycles. The Morgan fingerprint density at radius 3 is 2.18 bits per heavy atom. The van der Waals surface area contributed by atoms with Gasteiger partial charge in [0.2, 0.25) is 10.0 Å². The Balaban J connectivity index is 2.40. The highest BCUT2D eigenvalue weighted by atomic mass is 32.2. The van der Waals surface area contributed by atoms with Crippen LogP contribution < -0.4 is 14.8 Å². The van der Waals surface area contributed by atoms with Crippen LogP contribution in [0.3, 0.4) is 0 Å². The van der Waals surface area contributed by atoms with Crippen LogP contribution in [0.5, 0.6) is 11.5 Å². The van der Waals surface area contributed by atoms with Crippen LogP contribution >= 0.6 is 0 Å². The monoisotopic (exact) mass is 410 g/mol. The Hall–Kier alpha value is -2.65. The molecular formula is C19H23FN2O5S. The Kier molecular flexibility index (Phi) is 6.98. The second-order valence-corrected chi connectivity index (χ2v) is 7.69. The van der Waals surface area contributed by atoms with E-state index in [4.69, 9.17) is 9.47 Å². The highest BCUT2D eigenvalue weighted by molar-refractivity contribution is 7.89. The van der Waals surface area contributed by atoms with Gasteiger partial charge >= 0.3 is 0 Å². The molecule has 152 valence electrons. The summed E-state index contributed by atoms with van der Waals surface area (Å²) in [6.07, 6.45) is 0. The molecule has 1 amide bonds. The number of hydrogen-bond donors (Lipinski definition) is 1. The number of nitrogens with zero attached hydrogens (tertiary/aromatic N) is 1. The lowest BCUT2D eigenvalue weighted by molar-refractivity contribution is 0.102. The Morgan fingerprint density at radius 1 is 1.04 bits per heavy atom. The zero-order valence-electron chi connectivity index (χ0n) is 16.2. The van der Waals surface area contributed by atoms with E-state index in [2.05, 4.69) is 5.32 Å². The van der Waals surface area contributed by atoms with E-state index in [0.717, 1.165) is 6.07 Å². The minimum atomic E-state index is -3.75. The van der Waals surface area contributed by atoms with Crippen molar-refractivity contribution in [2.24, 2.45) is 0 Å². The van der Waals surface area contributed by atoms with Crippen molar-refractivity contribution in [3.05, 3.63) is 47.8 Å². The van der Waals surface area contributed by atoms with Crippen molar-refractivity contribution in [1.82, 2.24) is 4.31 Å². The fourth-order valence-corrected chi connectivity index (χ4v) is 4.16. The molecule has 0 bridgehead atoms. The van der Waals surface area contributed by atoms with Gasteiger partial charge in [-0.2, -0.15) is 4.31 Å². The SMILES string of the molecule is CCN(CC)S(=O)(=O)c1ccc(OC)c(C(=O)Nc2ccc(OC)c(F)c2)c1. The van der Waals surface area contributed by atoms with E-state index in [1.807, 2.05) is 0 Å². The number of amides is 1. The maximum absolute atomic E-state index is 13.9. The summed E-state index contributed by atoms with van der Waals surface area (Å²) in [5, 5.41) is 2.54. The van der Waals surface area contributed by atoms with Gasteiger partial charge in [-0.25, -0.2) is 12.8 Å². The maximum atomic E-state index is 13.9. The van der Waals surface area contributed by atoms with Crippen molar-refractivity contribution < 1.29 is 27.1 Å². The average Bonchev–Trinajstić information content (AvgIpc) is 2.68. The van der Waals surface area contributed by atoms with Gasteiger partial charge in [-0.15, -0.1) is 0 Å². The molecular weight excluding hydrogens is 387 g/mol. The molecule has 2 rings (SSSR count). The second kappa shape index (κ2) is 9.03. The Morgan fingerprint density at radius 2 is 1.64 bits per heavy atom. The van der Waals surface area contributed by atoms with Crippen LogP contribution in [0.15, 0.2) is 41.3 Å². The maximum Gasteiger partial charge on any atom is 0.259 e. The molecule has 0 saturated heterocycles. The molecule has 0 unspecified atom stereocenters. The Labute approximate surface area is 164 Å². The molecule has 0 fully saturated rings. The van der Waals surface area contributed by atoms with Crippen LogP contribution in [0.2, 0.25) is 0 Å². The molecule has 0 aromatic heterocycles. The molecule has 7 nitrogen and oxygen atoms in total. The fraction of sp³-hybridized carbons (Fsp3) is 0.316. The zero-order chi connectivity index (χ0) is 20.9. The number of nitrogens with one attached hydrogen (secondary N) is 1. The largest absolute Gasteiger partial charge is 0.496 e. The quantitative estimate of drug-likeness (QED) is 0.723. The molecule has 2 aromatic carbocycles. The minimum Gasteiger partial charge on any atom is -0.496 e. The van der Waals surface area contributed by atoms with Gasteiger partial charge in [0.05, 0.1) is 24.7 Å². The molecule has 2 aromatic rings. The third-order valence-electron chi connectivity index (χ3n) is 4.17. The van der Waals surface area contributed by atoms with Crippen molar-refractivity contribution in [3.63, 3.8) is 0 Å². The van der Waals surface area contributed by atoms with Gasteiger partial charge in [0.15, 0.2) is 11.6 Å². The van der Waals surface area contributed by atoms with Crippen LogP contribution in [-0.4, -0.2) is 45.9 Å². The normalized spacial score (nSPS) is 11.4. The molecule has 9 heteroatoms. The van der Waals surface area contributed by atoms with Gasteiger partial charge in [0.1, 0.15) is 5.75 Å². The van der Waals surface area contributed by atoms with E-state index < -0.39 is 21.7 Å². The number of benzene rings is 2. The molecule has 0 saturated carbocycles. The second-order valence-electron chi connectivity index (χ2n) is 5.75. The van der Waals surface area contributed by atoms with Crippen molar-refractivity contribution in [2.75, 3.05) is 32.6 Å². The lowest BCUT2D eigenvalue weighted by Crippen LogP contribution is -2.30. The van der Waals surface area contributed by atoms with E-state index in [1.54, 1.807) is 13.8 Å². The van der Waals surface area contributed by atoms with Gasteiger partial charge in [0.25, 0.3) is 5.91 Å². The molecule has 28 heavy (non-hydrogen) atoms. The summed E-state index contributed by atoms with van der Waals surface area (Å²) in [5.74, 6) is -1.02. The number of ether oxygens (including phenoxy) is 2. The van der Waals surface area contributed by atoms with Crippen molar-refractivity contribution in [3.8, 4) is 11.5 Å². The van der Waals surface area contributed by atoms with Crippen molar-refractivity contribution in [1.29, 1.82) is 0 Å². The topological polar surface area (TPSA) is 84.9 Å². The number of hydrogen-bond acceptors (Lipinski definition) is 5. The number of anilines is 1. The average molecular weight is 410 g/mol. The van der Waals surface area contributed by atoms with Crippen molar-refractivity contribution in [2.45, 2.75) is 18.7 Å². The molecule has 1 N–H and O–H groups in total. The number of methoxy groups -OCH3 is 2. The summed E-state index contributed by atoms with van der Waals surface area (Å²) in [4.78, 5) is 12.7. The smallest absolute Gasteiger partial charge is 0.259 e. The van der Waals surface area contributed by atoms with Gasteiger partial charge in [-0.1, -0.05) is 13.8 Å². The first-order chi connectivity index (χ1) is 13.3. The van der Waals surface area contributed by atoms with E-state index in [9.17, 15) is 17.6 Å². The number of rotatable bonds is 8. The first-order valence-electron chi connectivity index (χ1n) is 8.61. The van der Waals surface area contributed by atoms with E-state index in [1.165, 1.54) is 48.9 Å². The molecule has 0 aliphatic heterocycles. The molecule has 0 radical (unpaired) electrons. The summed E-state index contributed by atoms with van der Waals surface area (Å²) in [5.41, 5.74) is 0.217. The van der Waals surface area contributed by atoms with Gasteiger partial charge in [0, 0.05) is 24.8 Å². The number of carbonyl (C=O) groups excluding carboxylic acids is 1. The summed E-state index contributed by atoms with van der Waals surface area (Å²) in [6.45, 7) is 4.07. The third kappa shape index (κ3) is 4.42. The summed E-state index contributed by atoms with van der Waals surface area (Å²) in [6, 6.07) is 8.02. The number of carbonyl (C=O) groups is 1. The van der Waals surface area contributed by atoms with Gasteiger partial charge in [-0.05, 0) is 30.3 Å². The van der Waals surface area contributed by atoms with E-state index >= 15 is 0 Å². The lowest BCUT2D eigenvalue weighted by atomic mass is 10.1. The van der Waals surface area contributed by atoms with Gasteiger partial charge in [-0.3, -0.25) is 4.79 Å². The van der Waals surface area contributed by atoms with Crippen LogP contribution in [0, 0.1) is 5.82 Å². The molecule has 0 atom stereocenters. The standard InChI is InChI=1S/C19H23FN2O5S/c1-5-22(6-2)28(24,25)14-8-10-17(26-3)15(12-14)19(23)21-13-7-9-18(27-4)16(20)11-13/h7-12H,5-6H2,1-4H3,(H,21,23). The van der Waals surface area contributed by atoms with E-state index in [0.29, 0.717) is 13.1 Å². The molecule has 0 aliphatic rings. The predicted molar refractivity (Wildman–Crippen MR) is 104 cm³/mol. The van der Waals surface area contributed by atoms with Gasteiger partial charge < -0.3 is 14.8 Å². The summed E-state index contributed by atoms with van der Waals surface area (Å²) in [7, 11) is -1.04. The van der Waals surface area contributed by atoms with E-state index in [-0.39, 0.29) is 27.6 Å². The Bertz CT molecular complexity index is 959. The van der Waals surface area contributed by atoms with Crippen LogP contribution in [0.1, 0.15) is 24.2 Å². The summed E-state index contributed by atoms with van der Waals surface area (Å²) >= 11 is 0. The van der Waals surface area contributed by atoms with Crippen molar-refractivity contribution >= 4 is 21.6 Å². The lowest BCUT2D eigenvalue weighted by Gasteiger charge is -2.19. The van der Waals surface area contributed by atoms with Crippen LogP contribution in [-0.2, 0) is 10.0 Å². The zero-order valence-corrected chi connectivity index (χ0v) is 17.0.